The van der Waals surface area contributed by atoms with Gasteiger partial charge in [-0.2, -0.15) is 0 Å². The minimum absolute atomic E-state index is 0.168. The number of carbonyl (C=O) groups excluding carboxylic acids is 1. The Kier molecular flexibility index (Phi) is 4.37. The average molecular weight is 246 g/mol. The van der Waals surface area contributed by atoms with Crippen molar-refractivity contribution in [2.45, 2.75) is 32.7 Å². The summed E-state index contributed by atoms with van der Waals surface area (Å²) in [4.78, 5) is 14.4. The summed E-state index contributed by atoms with van der Waals surface area (Å²) >= 11 is 0. The molecule has 0 radical (unpaired) electrons. The number of nitrogens with zero attached hydrogens (tertiary/aromatic N) is 1. The smallest absolute Gasteiger partial charge is 0.253 e. The van der Waals surface area contributed by atoms with E-state index in [2.05, 4.69) is 12.2 Å². The van der Waals surface area contributed by atoms with E-state index in [1.165, 1.54) is 6.42 Å². The molecule has 0 spiro atoms. The fourth-order valence-electron chi connectivity index (χ4n) is 2.58. The predicted molar refractivity (Wildman–Crippen MR) is 73.8 cm³/mol. The van der Waals surface area contributed by atoms with Crippen LogP contribution in [-0.4, -0.2) is 36.5 Å². The number of hydrogen-bond acceptors (Lipinski definition) is 2. The zero-order valence-corrected chi connectivity index (χ0v) is 11.3. The Balaban J connectivity index is 2.04. The first-order valence-corrected chi connectivity index (χ1v) is 6.80. The maximum Gasteiger partial charge on any atom is 0.253 e. The van der Waals surface area contributed by atoms with Gasteiger partial charge in [0.2, 0.25) is 0 Å². The number of piperidine rings is 1. The number of hydrogen-bond donors (Lipinski definition) is 1. The van der Waals surface area contributed by atoms with Gasteiger partial charge < -0.3 is 10.2 Å². The van der Waals surface area contributed by atoms with E-state index in [1.807, 2.05) is 36.1 Å². The second-order valence-corrected chi connectivity index (χ2v) is 5.02. The van der Waals surface area contributed by atoms with Gasteiger partial charge in [-0.1, -0.05) is 24.6 Å². The highest BCUT2D eigenvalue weighted by Crippen LogP contribution is 2.14. The molecule has 1 atom stereocenters. The van der Waals surface area contributed by atoms with Crippen LogP contribution in [0.2, 0.25) is 0 Å². The maximum absolute atomic E-state index is 12.4. The van der Waals surface area contributed by atoms with E-state index in [1.54, 1.807) is 0 Å². The zero-order chi connectivity index (χ0) is 13.0. The Bertz CT molecular complexity index is 415. The van der Waals surface area contributed by atoms with Gasteiger partial charge in [-0.25, -0.2) is 0 Å². The van der Waals surface area contributed by atoms with E-state index in [0.717, 1.165) is 37.2 Å². The van der Waals surface area contributed by atoms with Crippen molar-refractivity contribution < 1.29 is 4.79 Å². The molecule has 1 heterocycles. The Morgan fingerprint density at radius 2 is 2.33 bits per heavy atom. The Morgan fingerprint density at radius 3 is 3.06 bits per heavy atom. The van der Waals surface area contributed by atoms with Gasteiger partial charge in [0.15, 0.2) is 0 Å². The molecule has 1 aliphatic heterocycles. The molecule has 0 aromatic heterocycles. The lowest BCUT2D eigenvalue weighted by molar-refractivity contribution is 0.0695. The molecule has 1 aliphatic rings. The third-order valence-corrected chi connectivity index (χ3v) is 3.47. The van der Waals surface area contributed by atoms with Crippen molar-refractivity contribution in [3.63, 3.8) is 0 Å². The van der Waals surface area contributed by atoms with E-state index in [4.69, 9.17) is 0 Å². The number of benzene rings is 1. The van der Waals surface area contributed by atoms with Crippen molar-refractivity contribution in [3.05, 3.63) is 35.4 Å². The summed E-state index contributed by atoms with van der Waals surface area (Å²) in [6, 6.07) is 8.31. The van der Waals surface area contributed by atoms with Crippen LogP contribution in [0.1, 0.15) is 35.7 Å². The number of nitrogens with one attached hydrogen (secondary N) is 1. The summed E-state index contributed by atoms with van der Waals surface area (Å²) in [7, 11) is 0. The summed E-state index contributed by atoms with van der Waals surface area (Å²) in [5, 5.41) is 3.44. The van der Waals surface area contributed by atoms with Crippen LogP contribution in [0.25, 0.3) is 0 Å². The highest BCUT2D eigenvalue weighted by molar-refractivity contribution is 5.94. The summed E-state index contributed by atoms with van der Waals surface area (Å²) in [6.45, 7) is 6.82. The Labute approximate surface area is 109 Å². The van der Waals surface area contributed by atoms with Crippen LogP contribution < -0.4 is 5.32 Å². The van der Waals surface area contributed by atoms with Crippen LogP contribution in [0.4, 0.5) is 0 Å². The van der Waals surface area contributed by atoms with Crippen LogP contribution in [0.3, 0.4) is 0 Å². The first-order chi connectivity index (χ1) is 8.70. The highest BCUT2D eigenvalue weighted by atomic mass is 16.2. The van der Waals surface area contributed by atoms with Gasteiger partial charge in [0, 0.05) is 24.7 Å². The molecule has 0 aliphatic carbocycles. The van der Waals surface area contributed by atoms with Gasteiger partial charge in [0.25, 0.3) is 5.91 Å². The fourth-order valence-corrected chi connectivity index (χ4v) is 2.58. The van der Waals surface area contributed by atoms with Crippen LogP contribution in [0.5, 0.6) is 0 Å². The largest absolute Gasteiger partial charge is 0.337 e. The van der Waals surface area contributed by atoms with Crippen molar-refractivity contribution in [2.75, 3.05) is 19.6 Å². The molecular formula is C15H22N2O. The molecule has 3 heteroatoms. The van der Waals surface area contributed by atoms with Gasteiger partial charge in [0.05, 0.1) is 0 Å². The second kappa shape index (κ2) is 6.01. The van der Waals surface area contributed by atoms with Crippen molar-refractivity contribution in [2.24, 2.45) is 0 Å². The van der Waals surface area contributed by atoms with Crippen molar-refractivity contribution in [3.8, 4) is 0 Å². The molecule has 98 valence electrons. The summed E-state index contributed by atoms with van der Waals surface area (Å²) in [5.41, 5.74) is 1.95. The average Bonchev–Trinajstić information content (AvgIpc) is 2.39. The molecule has 18 heavy (non-hydrogen) atoms. The molecule has 0 saturated carbocycles. The minimum atomic E-state index is 0.168. The van der Waals surface area contributed by atoms with E-state index in [0.29, 0.717) is 6.04 Å². The lowest BCUT2D eigenvalue weighted by Gasteiger charge is -2.33. The summed E-state index contributed by atoms with van der Waals surface area (Å²) < 4.78 is 0. The van der Waals surface area contributed by atoms with Crippen LogP contribution in [0, 0.1) is 6.92 Å². The van der Waals surface area contributed by atoms with Gasteiger partial charge in [-0.15, -0.1) is 0 Å². The van der Waals surface area contributed by atoms with Gasteiger partial charge >= 0.3 is 0 Å². The van der Waals surface area contributed by atoms with Crippen LogP contribution >= 0.6 is 0 Å². The molecule has 1 unspecified atom stereocenters. The standard InChI is InChI=1S/C15H22N2O/c1-3-16-14-8-5-9-17(11-14)15(18)13-7-4-6-12(2)10-13/h4,6-7,10,14,16H,3,5,8-9,11H2,1-2H3. The SMILES string of the molecule is CCNC1CCCN(C(=O)c2cccc(C)c2)C1. The third-order valence-electron chi connectivity index (χ3n) is 3.47. The van der Waals surface area contributed by atoms with Gasteiger partial charge in [-0.3, -0.25) is 4.79 Å². The third kappa shape index (κ3) is 3.10. The van der Waals surface area contributed by atoms with E-state index >= 15 is 0 Å². The normalized spacial score (nSPS) is 19.9. The van der Waals surface area contributed by atoms with E-state index < -0.39 is 0 Å². The number of rotatable bonds is 3. The van der Waals surface area contributed by atoms with Crippen LogP contribution in [-0.2, 0) is 0 Å². The summed E-state index contributed by atoms with van der Waals surface area (Å²) in [6.07, 6.45) is 2.26. The van der Waals surface area contributed by atoms with E-state index in [9.17, 15) is 4.79 Å². The van der Waals surface area contributed by atoms with Gasteiger partial charge in [-0.05, 0) is 38.4 Å². The number of likely N-dealkylation sites (N-methyl/N-ethyl adjacent to an activating group) is 1. The highest BCUT2D eigenvalue weighted by Gasteiger charge is 2.23. The van der Waals surface area contributed by atoms with Crippen molar-refractivity contribution in [1.29, 1.82) is 0 Å². The van der Waals surface area contributed by atoms with Crippen molar-refractivity contribution >= 4 is 5.91 Å². The Morgan fingerprint density at radius 1 is 1.50 bits per heavy atom. The molecule has 0 bridgehead atoms. The lowest BCUT2D eigenvalue weighted by Crippen LogP contribution is -2.47. The molecule has 1 amide bonds. The van der Waals surface area contributed by atoms with E-state index in [-0.39, 0.29) is 5.91 Å². The molecule has 1 aromatic rings. The number of amides is 1. The molecule has 3 nitrogen and oxygen atoms in total. The molecule has 1 fully saturated rings. The molecular weight excluding hydrogens is 224 g/mol. The predicted octanol–water partition coefficient (Wildman–Crippen LogP) is 2.21. The molecule has 1 saturated heterocycles. The maximum atomic E-state index is 12.4. The topological polar surface area (TPSA) is 32.3 Å². The first kappa shape index (κ1) is 13.1. The van der Waals surface area contributed by atoms with Crippen LogP contribution in [0.15, 0.2) is 24.3 Å². The molecule has 1 aromatic carbocycles. The monoisotopic (exact) mass is 246 g/mol. The number of carbonyl (C=O) groups is 1. The first-order valence-electron chi connectivity index (χ1n) is 6.80. The number of aryl methyl sites for hydroxylation is 1. The quantitative estimate of drug-likeness (QED) is 0.887. The van der Waals surface area contributed by atoms with Gasteiger partial charge in [0.1, 0.15) is 0 Å². The van der Waals surface area contributed by atoms with Crippen molar-refractivity contribution in [1.82, 2.24) is 10.2 Å². The number of likely N-dealkylation sites (tertiary alicyclic amines) is 1. The second-order valence-electron chi connectivity index (χ2n) is 5.02. The fraction of sp³-hybridized carbons (Fsp3) is 0.533. The lowest BCUT2D eigenvalue weighted by atomic mass is 10.0. The zero-order valence-electron chi connectivity index (χ0n) is 11.3. The Hall–Kier alpha value is -1.35. The molecule has 1 N–H and O–H groups in total. The summed E-state index contributed by atoms with van der Waals surface area (Å²) in [5.74, 6) is 0.168. The minimum Gasteiger partial charge on any atom is -0.337 e. The molecule has 2 rings (SSSR count).